The molecule has 3 N–H and O–H groups in total. The lowest BCUT2D eigenvalue weighted by Crippen LogP contribution is -2.13. The molecular formula is C11H14ClN3OS. The van der Waals surface area contributed by atoms with Gasteiger partial charge in [0.05, 0.1) is 10.2 Å². The molecule has 0 radical (unpaired) electrons. The van der Waals surface area contributed by atoms with Crippen molar-refractivity contribution in [3.63, 3.8) is 0 Å². The third-order valence-corrected chi connectivity index (χ3v) is 3.10. The molecule has 0 aliphatic rings. The number of carbonyl (C=O) groups excluding carboxylic acids is 1. The van der Waals surface area contributed by atoms with E-state index >= 15 is 0 Å². The number of amides is 1. The Labute approximate surface area is 110 Å². The molecule has 0 saturated carbocycles. The van der Waals surface area contributed by atoms with Crippen LogP contribution in [0.5, 0.6) is 0 Å². The zero-order chi connectivity index (χ0) is 11.4. The number of benzene rings is 1. The van der Waals surface area contributed by atoms with Crippen LogP contribution in [-0.4, -0.2) is 17.4 Å². The Morgan fingerprint density at radius 1 is 1.41 bits per heavy atom. The van der Waals surface area contributed by atoms with Gasteiger partial charge in [-0.2, -0.15) is 0 Å². The largest absolute Gasteiger partial charge is 0.330 e. The van der Waals surface area contributed by atoms with E-state index in [1.807, 2.05) is 24.3 Å². The third-order valence-electron chi connectivity index (χ3n) is 2.15. The Hall–Kier alpha value is -1.17. The fourth-order valence-corrected chi connectivity index (χ4v) is 2.25. The minimum Gasteiger partial charge on any atom is -0.330 e. The molecule has 2 aromatic rings. The first-order chi connectivity index (χ1) is 7.79. The molecule has 0 bridgehead atoms. The van der Waals surface area contributed by atoms with Crippen molar-refractivity contribution in [2.45, 2.75) is 12.8 Å². The van der Waals surface area contributed by atoms with Gasteiger partial charge in [0.25, 0.3) is 0 Å². The van der Waals surface area contributed by atoms with Crippen molar-refractivity contribution >= 4 is 45.0 Å². The highest BCUT2D eigenvalue weighted by Gasteiger charge is 2.06. The highest BCUT2D eigenvalue weighted by Crippen LogP contribution is 2.25. The number of fused-ring (bicyclic) bond motifs is 1. The number of hydrogen-bond donors (Lipinski definition) is 2. The molecule has 0 spiro atoms. The SMILES string of the molecule is Cl.NCCCC(=O)Nc1nc2ccccc2s1. The predicted octanol–water partition coefficient (Wildman–Crippen LogP) is 2.40. The number of hydrogen-bond acceptors (Lipinski definition) is 4. The van der Waals surface area contributed by atoms with E-state index in [1.54, 1.807) is 0 Å². The maximum absolute atomic E-state index is 11.4. The van der Waals surface area contributed by atoms with E-state index in [0.29, 0.717) is 24.5 Å². The first-order valence-corrected chi connectivity index (χ1v) is 5.97. The van der Waals surface area contributed by atoms with Gasteiger partial charge in [-0.15, -0.1) is 12.4 Å². The Morgan fingerprint density at radius 2 is 2.18 bits per heavy atom. The summed E-state index contributed by atoms with van der Waals surface area (Å²) < 4.78 is 1.08. The van der Waals surface area contributed by atoms with Gasteiger partial charge in [-0.1, -0.05) is 23.5 Å². The molecule has 0 aliphatic carbocycles. The molecule has 6 heteroatoms. The summed E-state index contributed by atoms with van der Waals surface area (Å²) in [6, 6.07) is 7.81. The zero-order valence-electron chi connectivity index (χ0n) is 9.18. The molecule has 4 nitrogen and oxygen atoms in total. The van der Waals surface area contributed by atoms with Crippen LogP contribution in [0, 0.1) is 0 Å². The van der Waals surface area contributed by atoms with Gasteiger partial charge in [0.15, 0.2) is 5.13 Å². The topological polar surface area (TPSA) is 68.0 Å². The van der Waals surface area contributed by atoms with Crippen molar-refractivity contribution < 1.29 is 4.79 Å². The standard InChI is InChI=1S/C11H13N3OS.ClH/c12-7-3-6-10(15)14-11-13-8-4-1-2-5-9(8)16-11;/h1-2,4-5H,3,6-7,12H2,(H,13,14,15);1H. The number of nitrogens with two attached hydrogens (primary N) is 1. The van der Waals surface area contributed by atoms with E-state index in [0.717, 1.165) is 10.2 Å². The number of halogens is 1. The monoisotopic (exact) mass is 271 g/mol. The molecule has 1 aromatic carbocycles. The second-order valence-electron chi connectivity index (χ2n) is 3.43. The summed E-state index contributed by atoms with van der Waals surface area (Å²) in [7, 11) is 0. The molecule has 1 heterocycles. The summed E-state index contributed by atoms with van der Waals surface area (Å²) in [5, 5.41) is 3.43. The van der Waals surface area contributed by atoms with Gasteiger partial charge in [-0.05, 0) is 25.1 Å². The molecule has 0 aliphatic heterocycles. The van der Waals surface area contributed by atoms with Crippen LogP contribution < -0.4 is 11.1 Å². The lowest BCUT2D eigenvalue weighted by Gasteiger charge is -1.98. The summed E-state index contributed by atoms with van der Waals surface area (Å²) in [5.41, 5.74) is 6.26. The van der Waals surface area contributed by atoms with Gasteiger partial charge >= 0.3 is 0 Å². The molecule has 2 rings (SSSR count). The molecule has 17 heavy (non-hydrogen) atoms. The second-order valence-corrected chi connectivity index (χ2v) is 4.46. The Morgan fingerprint density at radius 3 is 2.88 bits per heavy atom. The number of anilines is 1. The van der Waals surface area contributed by atoms with Crippen LogP contribution in [-0.2, 0) is 4.79 Å². The molecule has 1 aromatic heterocycles. The summed E-state index contributed by atoms with van der Waals surface area (Å²) >= 11 is 1.48. The van der Waals surface area contributed by atoms with Gasteiger partial charge in [-0.25, -0.2) is 4.98 Å². The average molecular weight is 272 g/mol. The van der Waals surface area contributed by atoms with E-state index in [-0.39, 0.29) is 18.3 Å². The number of nitrogens with zero attached hydrogens (tertiary/aromatic N) is 1. The van der Waals surface area contributed by atoms with Crippen LogP contribution in [0.1, 0.15) is 12.8 Å². The maximum atomic E-state index is 11.4. The van der Waals surface area contributed by atoms with Crippen molar-refractivity contribution in [2.24, 2.45) is 5.73 Å². The highest BCUT2D eigenvalue weighted by molar-refractivity contribution is 7.22. The molecule has 92 valence electrons. The maximum Gasteiger partial charge on any atom is 0.226 e. The zero-order valence-corrected chi connectivity index (χ0v) is 10.8. The van der Waals surface area contributed by atoms with Crippen LogP contribution in [0.2, 0.25) is 0 Å². The number of aromatic nitrogens is 1. The number of carbonyl (C=O) groups is 1. The summed E-state index contributed by atoms with van der Waals surface area (Å²) in [4.78, 5) is 15.8. The molecule has 0 unspecified atom stereocenters. The number of nitrogens with one attached hydrogen (secondary N) is 1. The quantitative estimate of drug-likeness (QED) is 0.897. The first-order valence-electron chi connectivity index (χ1n) is 5.15. The second kappa shape index (κ2) is 6.54. The van der Waals surface area contributed by atoms with Crippen LogP contribution >= 0.6 is 23.7 Å². The smallest absolute Gasteiger partial charge is 0.226 e. The molecule has 1 amide bonds. The van der Waals surface area contributed by atoms with Gasteiger partial charge in [-0.3, -0.25) is 4.79 Å². The molecule has 0 fully saturated rings. The Bertz CT molecular complexity index is 467. The van der Waals surface area contributed by atoms with Crippen molar-refractivity contribution in [3.05, 3.63) is 24.3 Å². The normalized spacial score (nSPS) is 9.94. The van der Waals surface area contributed by atoms with Crippen molar-refractivity contribution in [2.75, 3.05) is 11.9 Å². The minimum atomic E-state index is -0.0236. The van der Waals surface area contributed by atoms with Crippen molar-refractivity contribution in [1.29, 1.82) is 0 Å². The fraction of sp³-hybridized carbons (Fsp3) is 0.273. The Balaban J connectivity index is 0.00000144. The lowest BCUT2D eigenvalue weighted by molar-refractivity contribution is -0.116. The minimum absolute atomic E-state index is 0. The third kappa shape index (κ3) is 3.66. The summed E-state index contributed by atoms with van der Waals surface area (Å²) in [6.45, 7) is 0.535. The molecule has 0 saturated heterocycles. The van der Waals surface area contributed by atoms with Crippen LogP contribution in [0.25, 0.3) is 10.2 Å². The predicted molar refractivity (Wildman–Crippen MR) is 73.8 cm³/mol. The van der Waals surface area contributed by atoms with Crippen molar-refractivity contribution in [3.8, 4) is 0 Å². The van der Waals surface area contributed by atoms with Gasteiger partial charge in [0, 0.05) is 6.42 Å². The fourth-order valence-electron chi connectivity index (χ4n) is 1.37. The van der Waals surface area contributed by atoms with E-state index in [1.165, 1.54) is 11.3 Å². The number of para-hydroxylation sites is 1. The molecular weight excluding hydrogens is 258 g/mol. The van der Waals surface area contributed by atoms with E-state index in [9.17, 15) is 4.79 Å². The van der Waals surface area contributed by atoms with E-state index in [2.05, 4.69) is 10.3 Å². The lowest BCUT2D eigenvalue weighted by atomic mass is 10.3. The Kier molecular flexibility index (Phi) is 5.34. The highest BCUT2D eigenvalue weighted by atomic mass is 35.5. The van der Waals surface area contributed by atoms with Gasteiger partial charge in [0.2, 0.25) is 5.91 Å². The average Bonchev–Trinajstić information content (AvgIpc) is 2.68. The van der Waals surface area contributed by atoms with E-state index in [4.69, 9.17) is 5.73 Å². The van der Waals surface area contributed by atoms with Crippen molar-refractivity contribution in [1.82, 2.24) is 4.98 Å². The molecule has 0 atom stereocenters. The van der Waals surface area contributed by atoms with Gasteiger partial charge < -0.3 is 11.1 Å². The number of thiazole rings is 1. The van der Waals surface area contributed by atoms with Crippen LogP contribution in [0.15, 0.2) is 24.3 Å². The van der Waals surface area contributed by atoms with E-state index < -0.39 is 0 Å². The summed E-state index contributed by atoms with van der Waals surface area (Å²) in [5.74, 6) is -0.0236. The summed E-state index contributed by atoms with van der Waals surface area (Å²) in [6.07, 6.45) is 1.16. The number of rotatable bonds is 4. The van der Waals surface area contributed by atoms with Crippen LogP contribution in [0.4, 0.5) is 5.13 Å². The van der Waals surface area contributed by atoms with Gasteiger partial charge in [0.1, 0.15) is 0 Å². The first kappa shape index (κ1) is 13.9. The van der Waals surface area contributed by atoms with Crippen LogP contribution in [0.3, 0.4) is 0 Å².